The van der Waals surface area contributed by atoms with E-state index in [0.717, 1.165) is 17.7 Å². The topological polar surface area (TPSA) is 6.48 Å². The van der Waals surface area contributed by atoms with Gasteiger partial charge in [-0.2, -0.15) is 12.6 Å². The van der Waals surface area contributed by atoms with E-state index in [-0.39, 0.29) is 0 Å². The van der Waals surface area contributed by atoms with Gasteiger partial charge < -0.3 is 9.80 Å². The van der Waals surface area contributed by atoms with Crippen LogP contribution in [0.3, 0.4) is 0 Å². The van der Waals surface area contributed by atoms with Gasteiger partial charge in [0.15, 0.2) is 0 Å². The summed E-state index contributed by atoms with van der Waals surface area (Å²) in [6, 6.07) is 0.819. The molecule has 0 radical (unpaired) electrons. The van der Waals surface area contributed by atoms with Gasteiger partial charge in [-0.15, -0.1) is 0 Å². The van der Waals surface area contributed by atoms with Crippen LogP contribution in [-0.2, 0) is 0 Å². The second kappa shape index (κ2) is 7.57. The van der Waals surface area contributed by atoms with E-state index in [1.165, 1.54) is 45.3 Å². The van der Waals surface area contributed by atoms with Gasteiger partial charge >= 0.3 is 0 Å². The van der Waals surface area contributed by atoms with Gasteiger partial charge in [-0.3, -0.25) is 0 Å². The molecule has 1 saturated heterocycles. The Balaban J connectivity index is 2.16. The van der Waals surface area contributed by atoms with Crippen LogP contribution in [0.1, 0.15) is 32.6 Å². The normalized spacial score (nSPS) is 21.6. The average molecular weight is 244 g/mol. The summed E-state index contributed by atoms with van der Waals surface area (Å²) in [7, 11) is 4.52. The molecule has 1 aliphatic rings. The highest BCUT2D eigenvalue weighted by atomic mass is 32.1. The van der Waals surface area contributed by atoms with Crippen LogP contribution >= 0.6 is 12.6 Å². The van der Waals surface area contributed by atoms with Crippen LogP contribution in [-0.4, -0.2) is 55.3 Å². The fraction of sp³-hybridized carbons (Fsp3) is 1.00. The highest BCUT2D eigenvalue weighted by Gasteiger charge is 2.20. The Hall–Kier alpha value is 0.270. The molecule has 0 N–H and O–H groups in total. The number of nitrogens with zero attached hydrogens (tertiary/aromatic N) is 2. The van der Waals surface area contributed by atoms with Crippen molar-refractivity contribution >= 4 is 12.6 Å². The molecule has 96 valence electrons. The summed E-state index contributed by atoms with van der Waals surface area (Å²) >= 11 is 4.30. The summed E-state index contributed by atoms with van der Waals surface area (Å²) < 4.78 is 0. The zero-order chi connectivity index (χ0) is 12.0. The molecule has 0 aromatic heterocycles. The zero-order valence-electron chi connectivity index (χ0n) is 11.2. The molecule has 1 atom stereocenters. The van der Waals surface area contributed by atoms with Crippen molar-refractivity contribution in [2.24, 2.45) is 5.92 Å². The maximum atomic E-state index is 4.30. The molecular formula is C13H28N2S. The molecule has 3 heteroatoms. The number of likely N-dealkylation sites (tertiary alicyclic amines) is 1. The monoisotopic (exact) mass is 244 g/mol. The lowest BCUT2D eigenvalue weighted by atomic mass is 10.0. The molecule has 0 aromatic rings. The van der Waals surface area contributed by atoms with E-state index in [4.69, 9.17) is 0 Å². The molecule has 1 heterocycles. The SMILES string of the molecule is CC(CCS)CCN(C)C1CCN(C)CC1. The van der Waals surface area contributed by atoms with Gasteiger partial charge in [0.05, 0.1) is 0 Å². The summed E-state index contributed by atoms with van der Waals surface area (Å²) in [4.78, 5) is 5.01. The Bertz CT molecular complexity index is 179. The quantitative estimate of drug-likeness (QED) is 0.717. The fourth-order valence-electron chi connectivity index (χ4n) is 2.41. The largest absolute Gasteiger partial charge is 0.306 e. The summed E-state index contributed by atoms with van der Waals surface area (Å²) in [5.41, 5.74) is 0. The van der Waals surface area contributed by atoms with Crippen LogP contribution < -0.4 is 0 Å². The van der Waals surface area contributed by atoms with Gasteiger partial charge in [-0.05, 0) is 71.1 Å². The van der Waals surface area contributed by atoms with E-state index in [1.54, 1.807) is 0 Å². The number of rotatable bonds is 6. The summed E-state index contributed by atoms with van der Waals surface area (Å²) in [5, 5.41) is 0. The molecule has 2 nitrogen and oxygen atoms in total. The molecular weight excluding hydrogens is 216 g/mol. The van der Waals surface area contributed by atoms with E-state index in [2.05, 4.69) is 43.4 Å². The van der Waals surface area contributed by atoms with Crippen molar-refractivity contribution in [2.45, 2.75) is 38.6 Å². The van der Waals surface area contributed by atoms with Crippen molar-refractivity contribution in [1.29, 1.82) is 0 Å². The molecule has 1 rings (SSSR count). The van der Waals surface area contributed by atoms with Crippen molar-refractivity contribution in [1.82, 2.24) is 9.80 Å². The van der Waals surface area contributed by atoms with Crippen LogP contribution in [0.4, 0.5) is 0 Å². The fourth-order valence-corrected chi connectivity index (χ4v) is 2.85. The molecule has 1 aliphatic heterocycles. The van der Waals surface area contributed by atoms with E-state index >= 15 is 0 Å². The van der Waals surface area contributed by atoms with E-state index < -0.39 is 0 Å². The minimum atomic E-state index is 0.819. The Morgan fingerprint density at radius 3 is 2.50 bits per heavy atom. The third kappa shape index (κ3) is 5.07. The lowest BCUT2D eigenvalue weighted by Gasteiger charge is -2.35. The first-order valence-corrected chi connectivity index (χ1v) is 7.26. The molecule has 0 saturated carbocycles. The molecule has 16 heavy (non-hydrogen) atoms. The maximum Gasteiger partial charge on any atom is 0.0117 e. The average Bonchev–Trinajstić information content (AvgIpc) is 2.27. The van der Waals surface area contributed by atoms with Gasteiger partial charge in [0.2, 0.25) is 0 Å². The van der Waals surface area contributed by atoms with E-state index in [1.807, 2.05) is 0 Å². The van der Waals surface area contributed by atoms with Gasteiger partial charge in [0.25, 0.3) is 0 Å². The molecule has 0 aliphatic carbocycles. The first-order valence-electron chi connectivity index (χ1n) is 6.63. The van der Waals surface area contributed by atoms with Crippen molar-refractivity contribution in [3.8, 4) is 0 Å². The summed E-state index contributed by atoms with van der Waals surface area (Å²) in [6.45, 7) is 6.13. The third-order valence-electron chi connectivity index (χ3n) is 3.91. The van der Waals surface area contributed by atoms with Gasteiger partial charge in [0, 0.05) is 6.04 Å². The molecule has 0 bridgehead atoms. The highest BCUT2D eigenvalue weighted by Crippen LogP contribution is 2.16. The second-order valence-electron chi connectivity index (χ2n) is 5.42. The number of piperidine rings is 1. The first-order chi connectivity index (χ1) is 7.63. The minimum Gasteiger partial charge on any atom is -0.306 e. The first kappa shape index (κ1) is 14.3. The molecule has 0 aromatic carbocycles. The molecule has 0 spiro atoms. The van der Waals surface area contributed by atoms with Gasteiger partial charge in [0.1, 0.15) is 0 Å². The van der Waals surface area contributed by atoms with Crippen LogP contribution in [0.2, 0.25) is 0 Å². The Morgan fingerprint density at radius 1 is 1.31 bits per heavy atom. The van der Waals surface area contributed by atoms with Crippen LogP contribution in [0.25, 0.3) is 0 Å². The summed E-state index contributed by atoms with van der Waals surface area (Å²) in [5.74, 6) is 1.85. The van der Waals surface area contributed by atoms with Crippen LogP contribution in [0.15, 0.2) is 0 Å². The Labute approximate surface area is 107 Å². The zero-order valence-corrected chi connectivity index (χ0v) is 12.0. The number of hydrogen-bond donors (Lipinski definition) is 1. The Kier molecular flexibility index (Phi) is 6.78. The van der Waals surface area contributed by atoms with Gasteiger partial charge in [-0.1, -0.05) is 6.92 Å². The maximum absolute atomic E-state index is 4.30. The number of hydrogen-bond acceptors (Lipinski definition) is 3. The van der Waals surface area contributed by atoms with Crippen molar-refractivity contribution < 1.29 is 0 Å². The van der Waals surface area contributed by atoms with Crippen molar-refractivity contribution in [2.75, 3.05) is 39.5 Å². The highest BCUT2D eigenvalue weighted by molar-refractivity contribution is 7.80. The van der Waals surface area contributed by atoms with Gasteiger partial charge in [-0.25, -0.2) is 0 Å². The molecule has 1 fully saturated rings. The third-order valence-corrected chi connectivity index (χ3v) is 4.17. The van der Waals surface area contributed by atoms with E-state index in [9.17, 15) is 0 Å². The lowest BCUT2D eigenvalue weighted by Crippen LogP contribution is -2.42. The van der Waals surface area contributed by atoms with Crippen LogP contribution in [0, 0.1) is 5.92 Å². The predicted molar refractivity (Wildman–Crippen MR) is 75.4 cm³/mol. The number of thiol groups is 1. The Morgan fingerprint density at radius 2 is 1.94 bits per heavy atom. The lowest BCUT2D eigenvalue weighted by molar-refractivity contribution is 0.139. The smallest absolute Gasteiger partial charge is 0.0117 e. The van der Waals surface area contributed by atoms with Crippen LogP contribution in [0.5, 0.6) is 0 Å². The van der Waals surface area contributed by atoms with Crippen molar-refractivity contribution in [3.05, 3.63) is 0 Å². The van der Waals surface area contributed by atoms with Crippen molar-refractivity contribution in [3.63, 3.8) is 0 Å². The van der Waals surface area contributed by atoms with E-state index in [0.29, 0.717) is 0 Å². The predicted octanol–water partition coefficient (Wildman–Crippen LogP) is 2.36. The second-order valence-corrected chi connectivity index (χ2v) is 5.87. The minimum absolute atomic E-state index is 0.819. The molecule has 0 amide bonds. The molecule has 1 unspecified atom stereocenters. The standard InChI is InChI=1S/C13H28N2S/c1-12(7-11-16)4-10-15(3)13-5-8-14(2)9-6-13/h12-13,16H,4-11H2,1-3H3. The summed E-state index contributed by atoms with van der Waals surface area (Å²) in [6.07, 6.45) is 5.26.